The Bertz CT molecular complexity index is 1160. The Morgan fingerprint density at radius 3 is 2.26 bits per heavy atom. The minimum atomic E-state index is -0.618. The molecule has 0 aromatic carbocycles. The van der Waals surface area contributed by atoms with Crippen molar-refractivity contribution in [1.29, 1.82) is 0 Å². The number of Topliss-reactive ketones (excluding diaryl/α,β-unsaturated/α-hetero) is 3. The van der Waals surface area contributed by atoms with Crippen molar-refractivity contribution in [3.63, 3.8) is 0 Å². The van der Waals surface area contributed by atoms with E-state index >= 15 is 0 Å². The molecule has 4 saturated carbocycles. The molecule has 0 aromatic rings. The lowest BCUT2D eigenvalue weighted by Gasteiger charge is -2.72. The van der Waals surface area contributed by atoms with Crippen LogP contribution in [0.1, 0.15) is 99.8 Å². The summed E-state index contributed by atoms with van der Waals surface area (Å²) in [5.41, 5.74) is -1.47. The maximum atomic E-state index is 14.5. The summed E-state index contributed by atoms with van der Waals surface area (Å²) in [6.07, 6.45) is 8.78. The third kappa shape index (κ3) is 3.34. The first-order valence-corrected chi connectivity index (χ1v) is 14.7. The average Bonchev–Trinajstić information content (AvgIpc) is 2.82. The van der Waals surface area contributed by atoms with Crippen molar-refractivity contribution in [2.45, 2.75) is 99.8 Å². The molecule has 0 unspecified atom stereocenters. The normalized spacial score (nSPS) is 47.0. The minimum Gasteiger partial charge on any atom is -0.377 e. The second-order valence-electron chi connectivity index (χ2n) is 15.7. The van der Waals surface area contributed by atoms with E-state index in [4.69, 9.17) is 11.3 Å². The van der Waals surface area contributed by atoms with Gasteiger partial charge >= 0.3 is 0 Å². The molecule has 0 saturated heterocycles. The molecule has 8 atom stereocenters. The van der Waals surface area contributed by atoms with E-state index in [0.29, 0.717) is 12.2 Å². The van der Waals surface area contributed by atoms with Gasteiger partial charge in [-0.05, 0) is 84.4 Å². The van der Waals surface area contributed by atoms with E-state index in [0.717, 1.165) is 44.9 Å². The van der Waals surface area contributed by atoms with Crippen LogP contribution in [-0.2, 0) is 19.1 Å². The number of ether oxygens (including phenoxy) is 1. The molecule has 5 aliphatic carbocycles. The zero-order valence-corrected chi connectivity index (χ0v) is 24.8. The molecule has 0 bridgehead atoms. The van der Waals surface area contributed by atoms with Gasteiger partial charge < -0.3 is 9.53 Å². The molecule has 5 rings (SSSR count). The number of allylic oxidation sites excluding steroid dienone is 2. The lowest BCUT2D eigenvalue weighted by atomic mass is 9.31. The summed E-state index contributed by atoms with van der Waals surface area (Å²) in [7, 11) is 1.60. The lowest BCUT2D eigenvalue weighted by molar-refractivity contribution is -0.222. The first-order chi connectivity index (χ1) is 17.5. The van der Waals surface area contributed by atoms with Crippen molar-refractivity contribution in [1.82, 2.24) is 0 Å². The number of fused-ring (bicyclic) bond motifs is 7. The van der Waals surface area contributed by atoms with E-state index in [1.165, 1.54) is 0 Å². The second kappa shape index (κ2) is 8.35. The first kappa shape index (κ1) is 27.8. The molecule has 0 N–H and O–H groups in total. The zero-order valence-electron chi connectivity index (χ0n) is 24.8. The SMILES string of the molecule is [C-]#[N+]C1=C[C@]2(C)[C@H]3CC(=O)[C@@H]4[C@@H]5CC(C)(C)CC[C@]5(C(=O)COC)CC[C@@]4(C)[C@]3(C)CC[C@H]2C(C)(C)C1=O. The molecule has 208 valence electrons. The minimum absolute atomic E-state index is 0.0437. The van der Waals surface area contributed by atoms with Gasteiger partial charge in [-0.2, -0.15) is 0 Å². The van der Waals surface area contributed by atoms with Crippen LogP contribution in [0.3, 0.4) is 0 Å². The molecule has 38 heavy (non-hydrogen) atoms. The molecule has 5 heteroatoms. The van der Waals surface area contributed by atoms with Gasteiger partial charge in [-0.15, -0.1) is 0 Å². The van der Waals surface area contributed by atoms with Crippen LogP contribution in [0.4, 0.5) is 0 Å². The van der Waals surface area contributed by atoms with E-state index in [1.54, 1.807) is 7.11 Å². The predicted octanol–water partition coefficient (Wildman–Crippen LogP) is 6.85. The third-order valence-electron chi connectivity index (χ3n) is 13.3. The molecule has 5 aliphatic rings. The Morgan fingerprint density at radius 2 is 1.63 bits per heavy atom. The van der Waals surface area contributed by atoms with Crippen LogP contribution in [-0.4, -0.2) is 31.1 Å². The number of hydrogen-bond donors (Lipinski definition) is 0. The average molecular weight is 522 g/mol. The lowest BCUT2D eigenvalue weighted by Crippen LogP contribution is -2.69. The maximum Gasteiger partial charge on any atom is 0.226 e. The predicted molar refractivity (Wildman–Crippen MR) is 147 cm³/mol. The number of carbonyl (C=O) groups is 3. The van der Waals surface area contributed by atoms with Gasteiger partial charge in [0, 0.05) is 30.3 Å². The number of hydrogen-bond acceptors (Lipinski definition) is 4. The van der Waals surface area contributed by atoms with Gasteiger partial charge in [-0.1, -0.05) is 54.5 Å². The van der Waals surface area contributed by atoms with Gasteiger partial charge in [0.1, 0.15) is 12.4 Å². The van der Waals surface area contributed by atoms with Crippen LogP contribution in [0.15, 0.2) is 11.8 Å². The largest absolute Gasteiger partial charge is 0.377 e. The molecule has 0 aliphatic heterocycles. The Kier molecular flexibility index (Phi) is 6.10. The molecule has 0 radical (unpaired) electrons. The van der Waals surface area contributed by atoms with Crippen molar-refractivity contribution < 1.29 is 19.1 Å². The fourth-order valence-electron chi connectivity index (χ4n) is 11.0. The maximum absolute atomic E-state index is 14.5. The highest BCUT2D eigenvalue weighted by molar-refractivity contribution is 6.02. The Morgan fingerprint density at radius 1 is 0.974 bits per heavy atom. The van der Waals surface area contributed by atoms with Crippen LogP contribution >= 0.6 is 0 Å². The summed E-state index contributed by atoms with van der Waals surface area (Å²) < 4.78 is 5.37. The molecule has 4 fully saturated rings. The fraction of sp³-hybridized carbons (Fsp3) is 0.818. The molecular weight excluding hydrogens is 474 g/mol. The van der Waals surface area contributed by atoms with Gasteiger partial charge in [0.2, 0.25) is 5.70 Å². The number of nitrogens with zero attached hydrogens (tertiary/aromatic N) is 1. The highest BCUT2D eigenvalue weighted by atomic mass is 16.5. The highest BCUT2D eigenvalue weighted by Crippen LogP contribution is 2.75. The summed E-state index contributed by atoms with van der Waals surface area (Å²) in [5.74, 6) is 0.539. The molecule has 0 aromatic heterocycles. The summed E-state index contributed by atoms with van der Waals surface area (Å²) in [4.78, 5) is 45.2. The fourth-order valence-corrected chi connectivity index (χ4v) is 11.0. The van der Waals surface area contributed by atoms with Crippen molar-refractivity contribution in [3.8, 4) is 0 Å². The van der Waals surface area contributed by atoms with Crippen LogP contribution in [0, 0.1) is 62.7 Å². The number of carbonyl (C=O) groups excluding carboxylic acids is 3. The van der Waals surface area contributed by atoms with Crippen molar-refractivity contribution in [2.75, 3.05) is 13.7 Å². The van der Waals surface area contributed by atoms with Crippen LogP contribution in [0.25, 0.3) is 4.85 Å². The van der Waals surface area contributed by atoms with E-state index < -0.39 is 10.8 Å². The van der Waals surface area contributed by atoms with E-state index in [2.05, 4.69) is 39.5 Å². The standard InChI is InChI=1S/C33H47NO4/c1-28(2)12-14-33(25(36)19-38-9)15-13-32(7)26(20(33)17-28)22(35)16-24-30(5)18-21(34-8)27(37)29(3,4)23(30)10-11-31(24,32)6/h18,20,23-24,26H,10-17,19H2,1-7,9H3/t20-,23-,24+,26-,30-,31+,32+,33-/m0/s1. The molecule has 0 amide bonds. The summed E-state index contributed by atoms with van der Waals surface area (Å²) in [6.45, 7) is 23.5. The number of rotatable bonds is 3. The Balaban J connectivity index is 1.63. The van der Waals surface area contributed by atoms with Crippen LogP contribution in [0.2, 0.25) is 0 Å². The summed E-state index contributed by atoms with van der Waals surface area (Å²) in [5, 5.41) is 0. The van der Waals surface area contributed by atoms with E-state index in [-0.39, 0.29) is 69.2 Å². The summed E-state index contributed by atoms with van der Waals surface area (Å²) in [6, 6.07) is 0. The van der Waals surface area contributed by atoms with Gasteiger partial charge in [0.05, 0.1) is 6.57 Å². The summed E-state index contributed by atoms with van der Waals surface area (Å²) >= 11 is 0. The zero-order chi connectivity index (χ0) is 28.1. The molecular formula is C33H47NO4. The van der Waals surface area contributed by atoms with E-state index in [9.17, 15) is 14.4 Å². The van der Waals surface area contributed by atoms with Gasteiger partial charge in [-0.3, -0.25) is 9.59 Å². The van der Waals surface area contributed by atoms with Crippen molar-refractivity contribution >= 4 is 17.3 Å². The van der Waals surface area contributed by atoms with Gasteiger partial charge in [0.25, 0.3) is 0 Å². The van der Waals surface area contributed by atoms with Crippen molar-refractivity contribution in [3.05, 3.63) is 23.2 Å². The third-order valence-corrected chi connectivity index (χ3v) is 13.3. The van der Waals surface area contributed by atoms with Crippen LogP contribution in [0.5, 0.6) is 0 Å². The smallest absolute Gasteiger partial charge is 0.226 e. The van der Waals surface area contributed by atoms with Gasteiger partial charge in [0.15, 0.2) is 11.6 Å². The van der Waals surface area contributed by atoms with Crippen LogP contribution < -0.4 is 0 Å². The number of methoxy groups -OCH3 is 1. The topological polar surface area (TPSA) is 64.8 Å². The van der Waals surface area contributed by atoms with Gasteiger partial charge in [-0.25, -0.2) is 4.85 Å². The Hall–Kier alpha value is -1.80. The molecule has 0 spiro atoms. The molecule has 0 heterocycles. The monoisotopic (exact) mass is 521 g/mol. The quantitative estimate of drug-likeness (QED) is 0.381. The van der Waals surface area contributed by atoms with Crippen molar-refractivity contribution in [2.24, 2.45) is 56.2 Å². The molecule has 5 nitrogen and oxygen atoms in total. The Labute approximate surface area is 229 Å². The highest BCUT2D eigenvalue weighted by Gasteiger charge is 2.72. The van der Waals surface area contributed by atoms with E-state index in [1.807, 2.05) is 19.9 Å². The first-order valence-electron chi connectivity index (χ1n) is 14.7. The second-order valence-corrected chi connectivity index (χ2v) is 15.7. The number of ketones is 3.